The number of nitrogens with zero attached hydrogens (tertiary/aromatic N) is 1. The highest BCUT2D eigenvalue weighted by atomic mass is 32.2. The molecule has 0 aliphatic heterocycles. The van der Waals surface area contributed by atoms with E-state index in [1.54, 1.807) is 6.92 Å². The van der Waals surface area contributed by atoms with Crippen LogP contribution in [0.25, 0.3) is 0 Å². The van der Waals surface area contributed by atoms with Crippen LogP contribution in [0.5, 0.6) is 0 Å². The van der Waals surface area contributed by atoms with Gasteiger partial charge in [-0.25, -0.2) is 0 Å². The Labute approximate surface area is 106 Å². The summed E-state index contributed by atoms with van der Waals surface area (Å²) >= 11 is 0.956. The molecular formula is C13H15NO2S. The molecule has 0 fully saturated rings. The van der Waals surface area contributed by atoms with Crippen LogP contribution in [0.1, 0.15) is 18.1 Å². The number of hydrogen-bond acceptors (Lipinski definition) is 4. The molecule has 0 heterocycles. The van der Waals surface area contributed by atoms with Crippen molar-refractivity contribution in [1.29, 1.82) is 5.26 Å². The van der Waals surface area contributed by atoms with Gasteiger partial charge in [0.15, 0.2) is 0 Å². The van der Waals surface area contributed by atoms with Gasteiger partial charge in [0.25, 0.3) is 0 Å². The molecule has 17 heavy (non-hydrogen) atoms. The van der Waals surface area contributed by atoms with Crippen LogP contribution in [-0.4, -0.2) is 17.8 Å². The van der Waals surface area contributed by atoms with Crippen LogP contribution >= 0.6 is 11.8 Å². The average molecular weight is 249 g/mol. The molecule has 0 N–H and O–H groups in total. The summed E-state index contributed by atoms with van der Waals surface area (Å²) in [4.78, 5) is 11.6. The molecule has 0 aromatic heterocycles. The number of rotatable bonds is 5. The fraction of sp³-hybridized carbons (Fsp3) is 0.385. The standard InChI is InChI=1S/C13H15NO2S/c1-3-16-13(15)12(17-9-14)8-11-6-4-5-10(2)7-11/h4-7,12H,3,8H2,1-2H3. The highest BCUT2D eigenvalue weighted by molar-refractivity contribution is 8.04. The van der Waals surface area contributed by atoms with E-state index in [4.69, 9.17) is 10.00 Å². The number of nitriles is 1. The smallest absolute Gasteiger partial charge is 0.320 e. The number of carbonyl (C=O) groups is 1. The molecule has 0 spiro atoms. The summed E-state index contributed by atoms with van der Waals surface area (Å²) < 4.78 is 4.95. The third-order valence-electron chi connectivity index (χ3n) is 2.25. The number of thiocyanates is 1. The van der Waals surface area contributed by atoms with Gasteiger partial charge in [-0.2, -0.15) is 5.26 Å². The molecule has 1 aromatic carbocycles. The molecule has 1 unspecified atom stereocenters. The van der Waals surface area contributed by atoms with E-state index in [1.807, 2.05) is 36.6 Å². The zero-order valence-electron chi connectivity index (χ0n) is 9.97. The van der Waals surface area contributed by atoms with Crippen molar-refractivity contribution in [3.8, 4) is 5.40 Å². The van der Waals surface area contributed by atoms with Gasteiger partial charge >= 0.3 is 5.97 Å². The first-order valence-corrected chi connectivity index (χ1v) is 6.32. The highest BCUT2D eigenvalue weighted by Gasteiger charge is 2.21. The maximum Gasteiger partial charge on any atom is 0.320 e. The first-order chi connectivity index (χ1) is 8.17. The summed E-state index contributed by atoms with van der Waals surface area (Å²) in [5, 5.41) is 10.2. The fourth-order valence-electron chi connectivity index (χ4n) is 1.53. The van der Waals surface area contributed by atoms with Gasteiger partial charge in [-0.15, -0.1) is 0 Å². The minimum atomic E-state index is -0.443. The van der Waals surface area contributed by atoms with Crippen LogP contribution in [0.15, 0.2) is 24.3 Å². The molecular weight excluding hydrogens is 234 g/mol. The van der Waals surface area contributed by atoms with E-state index in [9.17, 15) is 4.79 Å². The summed E-state index contributed by atoms with van der Waals surface area (Å²) in [6.45, 7) is 4.11. The van der Waals surface area contributed by atoms with Crippen molar-refractivity contribution < 1.29 is 9.53 Å². The van der Waals surface area contributed by atoms with Crippen molar-refractivity contribution in [2.24, 2.45) is 0 Å². The van der Waals surface area contributed by atoms with Crippen molar-refractivity contribution in [1.82, 2.24) is 0 Å². The molecule has 1 rings (SSSR count). The summed E-state index contributed by atoms with van der Waals surface area (Å²) in [5.41, 5.74) is 2.19. The van der Waals surface area contributed by atoms with Crippen molar-refractivity contribution in [2.75, 3.05) is 6.61 Å². The van der Waals surface area contributed by atoms with Crippen molar-refractivity contribution >= 4 is 17.7 Å². The van der Waals surface area contributed by atoms with E-state index in [2.05, 4.69) is 0 Å². The Balaban J connectivity index is 2.73. The third kappa shape index (κ3) is 4.49. The number of aryl methyl sites for hydroxylation is 1. The van der Waals surface area contributed by atoms with Crippen molar-refractivity contribution in [2.45, 2.75) is 25.5 Å². The van der Waals surface area contributed by atoms with Crippen LogP contribution in [-0.2, 0) is 16.0 Å². The van der Waals surface area contributed by atoms with E-state index in [-0.39, 0.29) is 5.97 Å². The minimum absolute atomic E-state index is 0.319. The predicted molar refractivity (Wildman–Crippen MR) is 68.5 cm³/mol. The first kappa shape index (κ1) is 13.6. The number of ether oxygens (including phenoxy) is 1. The zero-order valence-corrected chi connectivity index (χ0v) is 10.8. The van der Waals surface area contributed by atoms with Gasteiger partial charge in [-0.1, -0.05) is 29.8 Å². The molecule has 0 amide bonds. The monoisotopic (exact) mass is 249 g/mol. The van der Waals surface area contributed by atoms with Crippen LogP contribution in [0.3, 0.4) is 0 Å². The molecule has 0 aliphatic carbocycles. The Kier molecular flexibility index (Phi) is 5.58. The van der Waals surface area contributed by atoms with Crippen LogP contribution in [0.2, 0.25) is 0 Å². The van der Waals surface area contributed by atoms with Gasteiger partial charge in [0.1, 0.15) is 10.7 Å². The highest BCUT2D eigenvalue weighted by Crippen LogP contribution is 2.17. The second kappa shape index (κ2) is 6.97. The lowest BCUT2D eigenvalue weighted by Gasteiger charge is -2.11. The van der Waals surface area contributed by atoms with Gasteiger partial charge in [0.2, 0.25) is 0 Å². The maximum absolute atomic E-state index is 11.6. The normalized spacial score (nSPS) is 11.6. The Bertz CT molecular complexity index is 426. The lowest BCUT2D eigenvalue weighted by molar-refractivity contribution is -0.142. The molecule has 90 valence electrons. The molecule has 0 radical (unpaired) electrons. The average Bonchev–Trinajstić information content (AvgIpc) is 2.29. The Morgan fingerprint density at radius 3 is 2.94 bits per heavy atom. The van der Waals surface area contributed by atoms with Gasteiger partial charge in [-0.05, 0) is 37.6 Å². The Morgan fingerprint density at radius 1 is 1.59 bits per heavy atom. The van der Waals surface area contributed by atoms with E-state index in [0.29, 0.717) is 13.0 Å². The second-order valence-electron chi connectivity index (χ2n) is 3.64. The van der Waals surface area contributed by atoms with Crippen LogP contribution in [0, 0.1) is 17.6 Å². The number of esters is 1. The third-order valence-corrected chi connectivity index (χ3v) is 3.00. The minimum Gasteiger partial charge on any atom is -0.465 e. The van der Waals surface area contributed by atoms with Gasteiger partial charge < -0.3 is 4.74 Å². The van der Waals surface area contributed by atoms with Crippen molar-refractivity contribution in [3.63, 3.8) is 0 Å². The number of carbonyl (C=O) groups excluding carboxylic acids is 1. The first-order valence-electron chi connectivity index (χ1n) is 5.44. The molecule has 4 heteroatoms. The summed E-state index contributed by atoms with van der Waals surface area (Å²) in [5.74, 6) is -0.319. The second-order valence-corrected chi connectivity index (χ2v) is 4.63. The molecule has 0 saturated heterocycles. The van der Waals surface area contributed by atoms with Crippen molar-refractivity contribution in [3.05, 3.63) is 35.4 Å². The lowest BCUT2D eigenvalue weighted by atomic mass is 10.1. The molecule has 0 aliphatic rings. The Hall–Kier alpha value is -1.47. The van der Waals surface area contributed by atoms with Crippen LogP contribution in [0.4, 0.5) is 0 Å². The van der Waals surface area contributed by atoms with Gasteiger partial charge in [0.05, 0.1) is 6.61 Å². The van der Waals surface area contributed by atoms with E-state index in [1.165, 1.54) is 0 Å². The van der Waals surface area contributed by atoms with E-state index in [0.717, 1.165) is 22.9 Å². The molecule has 1 aromatic rings. The summed E-state index contributed by atoms with van der Waals surface area (Å²) in [7, 11) is 0. The molecule has 0 saturated carbocycles. The quantitative estimate of drug-likeness (QED) is 0.594. The zero-order chi connectivity index (χ0) is 12.7. The molecule has 0 bridgehead atoms. The van der Waals surface area contributed by atoms with E-state index < -0.39 is 5.25 Å². The SMILES string of the molecule is CCOC(=O)C(Cc1cccc(C)c1)SC#N. The number of benzene rings is 1. The topological polar surface area (TPSA) is 50.1 Å². The molecule has 3 nitrogen and oxygen atoms in total. The van der Waals surface area contributed by atoms with Gasteiger partial charge in [-0.3, -0.25) is 4.79 Å². The maximum atomic E-state index is 11.6. The van der Waals surface area contributed by atoms with Gasteiger partial charge in [0, 0.05) is 0 Å². The summed E-state index contributed by atoms with van der Waals surface area (Å²) in [6, 6.07) is 7.92. The number of thioether (sulfide) groups is 1. The molecule has 1 atom stereocenters. The fourth-order valence-corrected chi connectivity index (χ4v) is 2.09. The van der Waals surface area contributed by atoms with Crippen LogP contribution < -0.4 is 0 Å². The summed E-state index contributed by atoms with van der Waals surface area (Å²) in [6.07, 6.45) is 0.527. The Morgan fingerprint density at radius 2 is 2.35 bits per heavy atom. The number of hydrogen-bond donors (Lipinski definition) is 0. The predicted octanol–water partition coefficient (Wildman–Crippen LogP) is 2.68. The lowest BCUT2D eigenvalue weighted by Crippen LogP contribution is -2.22. The van der Waals surface area contributed by atoms with E-state index >= 15 is 0 Å². The largest absolute Gasteiger partial charge is 0.465 e.